The molecular formula is C20H24F2N3O3S+. The van der Waals surface area contributed by atoms with Crippen molar-refractivity contribution < 1.29 is 26.9 Å². The van der Waals surface area contributed by atoms with Crippen molar-refractivity contribution >= 4 is 21.6 Å². The predicted octanol–water partition coefficient (Wildman–Crippen LogP) is 1.11. The van der Waals surface area contributed by atoms with Crippen molar-refractivity contribution in [2.45, 2.75) is 18.7 Å². The first-order chi connectivity index (χ1) is 13.7. The first kappa shape index (κ1) is 21.4. The number of anilines is 1. The summed E-state index contributed by atoms with van der Waals surface area (Å²) in [6.45, 7) is 5.39. The summed E-state index contributed by atoms with van der Waals surface area (Å²) in [7, 11) is -3.58. The molecule has 0 atom stereocenters. The maximum absolute atomic E-state index is 13.7. The van der Waals surface area contributed by atoms with Gasteiger partial charge in [-0.25, -0.2) is 17.2 Å². The van der Waals surface area contributed by atoms with Crippen LogP contribution in [0.2, 0.25) is 0 Å². The number of aryl methyl sites for hydroxylation is 2. The minimum Gasteiger partial charge on any atom is -0.325 e. The molecule has 3 rings (SSSR count). The Morgan fingerprint density at radius 2 is 1.76 bits per heavy atom. The molecular weight excluding hydrogens is 400 g/mol. The van der Waals surface area contributed by atoms with Crippen LogP contribution in [-0.2, 0) is 14.8 Å². The Hall–Kier alpha value is -2.36. The molecule has 29 heavy (non-hydrogen) atoms. The van der Waals surface area contributed by atoms with Crippen LogP contribution >= 0.6 is 0 Å². The van der Waals surface area contributed by atoms with Crippen LogP contribution in [0.3, 0.4) is 0 Å². The van der Waals surface area contributed by atoms with Crippen molar-refractivity contribution in [2.24, 2.45) is 0 Å². The second-order valence-electron chi connectivity index (χ2n) is 7.25. The molecule has 0 bridgehead atoms. The molecule has 2 aromatic rings. The molecule has 1 saturated heterocycles. The molecule has 0 unspecified atom stereocenters. The van der Waals surface area contributed by atoms with Crippen LogP contribution in [0, 0.1) is 25.5 Å². The second kappa shape index (κ2) is 8.56. The van der Waals surface area contributed by atoms with Crippen molar-refractivity contribution in [1.82, 2.24) is 4.31 Å². The molecule has 2 aromatic carbocycles. The summed E-state index contributed by atoms with van der Waals surface area (Å²) in [4.78, 5) is 13.3. The highest BCUT2D eigenvalue weighted by Gasteiger charge is 2.31. The fraction of sp³-hybridized carbons (Fsp3) is 0.350. The first-order valence-electron chi connectivity index (χ1n) is 9.32. The van der Waals surface area contributed by atoms with Gasteiger partial charge in [-0.3, -0.25) is 4.79 Å². The Balaban J connectivity index is 1.57. The summed E-state index contributed by atoms with van der Waals surface area (Å²) in [5.41, 5.74) is 1.87. The summed E-state index contributed by atoms with van der Waals surface area (Å²) in [5, 5.41) is 2.43. The number of sulfonamides is 1. The van der Waals surface area contributed by atoms with Crippen molar-refractivity contribution in [2.75, 3.05) is 38.0 Å². The number of rotatable bonds is 5. The minimum absolute atomic E-state index is 0.0771. The molecule has 0 radical (unpaired) electrons. The minimum atomic E-state index is -3.58. The Bertz CT molecular complexity index is 1020. The Morgan fingerprint density at radius 1 is 1.07 bits per heavy atom. The molecule has 9 heteroatoms. The number of hydrogen-bond acceptors (Lipinski definition) is 3. The van der Waals surface area contributed by atoms with E-state index in [1.165, 1.54) is 10.4 Å². The summed E-state index contributed by atoms with van der Waals surface area (Å²) in [5.74, 6) is -1.96. The monoisotopic (exact) mass is 424 g/mol. The molecule has 1 aliphatic rings. The Labute approximate surface area is 169 Å². The van der Waals surface area contributed by atoms with Crippen LogP contribution < -0.4 is 10.2 Å². The highest BCUT2D eigenvalue weighted by molar-refractivity contribution is 7.89. The summed E-state index contributed by atoms with van der Waals surface area (Å²) in [6, 6.07) is 8.03. The average Bonchev–Trinajstić information content (AvgIpc) is 2.66. The topological polar surface area (TPSA) is 70.9 Å². The van der Waals surface area contributed by atoms with Gasteiger partial charge in [-0.1, -0.05) is 6.07 Å². The van der Waals surface area contributed by atoms with Crippen LogP contribution in [-0.4, -0.2) is 51.4 Å². The van der Waals surface area contributed by atoms with E-state index in [0.29, 0.717) is 32.2 Å². The molecule has 0 saturated carbocycles. The van der Waals surface area contributed by atoms with Gasteiger partial charge in [0.25, 0.3) is 5.91 Å². The fourth-order valence-corrected chi connectivity index (χ4v) is 4.78. The third-order valence-corrected chi connectivity index (χ3v) is 7.06. The number of carbonyl (C=O) groups is 1. The Morgan fingerprint density at radius 3 is 2.38 bits per heavy atom. The smallest absolute Gasteiger partial charge is 0.279 e. The summed E-state index contributed by atoms with van der Waals surface area (Å²) < 4.78 is 53.7. The number of carbonyl (C=O) groups excluding carboxylic acids is 1. The number of benzene rings is 2. The van der Waals surface area contributed by atoms with Crippen molar-refractivity contribution in [3.05, 3.63) is 59.2 Å². The van der Waals surface area contributed by atoms with E-state index in [1.54, 1.807) is 18.2 Å². The van der Waals surface area contributed by atoms with Crippen molar-refractivity contribution in [3.8, 4) is 0 Å². The SMILES string of the molecule is Cc1ccc(S(=O)(=O)N2CC[NH+](CC(=O)Nc3ccc(F)cc3F)CC2)cc1C. The van der Waals surface area contributed by atoms with E-state index in [1.807, 2.05) is 13.8 Å². The summed E-state index contributed by atoms with van der Waals surface area (Å²) in [6.07, 6.45) is 0. The lowest BCUT2D eigenvalue weighted by atomic mass is 10.1. The normalized spacial score (nSPS) is 16.0. The number of piperazine rings is 1. The van der Waals surface area contributed by atoms with Crippen LogP contribution in [0.1, 0.15) is 11.1 Å². The highest BCUT2D eigenvalue weighted by atomic mass is 32.2. The van der Waals surface area contributed by atoms with Crippen molar-refractivity contribution in [1.29, 1.82) is 0 Å². The van der Waals surface area contributed by atoms with Crippen molar-refractivity contribution in [3.63, 3.8) is 0 Å². The van der Waals surface area contributed by atoms with E-state index in [-0.39, 0.29) is 17.1 Å². The third kappa shape index (κ3) is 4.98. The molecule has 0 aromatic heterocycles. The second-order valence-corrected chi connectivity index (χ2v) is 9.19. The molecule has 1 aliphatic heterocycles. The number of hydrogen-bond donors (Lipinski definition) is 2. The standard InChI is InChI=1S/C20H23F2N3O3S/c1-14-3-5-17(11-15(14)2)29(27,28)25-9-7-24(8-10-25)13-20(26)23-19-6-4-16(21)12-18(19)22/h3-6,11-12H,7-10,13H2,1-2H3,(H,23,26)/p+1. The zero-order chi connectivity index (χ0) is 21.2. The quantitative estimate of drug-likeness (QED) is 0.756. The number of quaternary nitrogens is 1. The average molecular weight is 424 g/mol. The van der Waals surface area contributed by atoms with E-state index in [2.05, 4.69) is 5.32 Å². The van der Waals surface area contributed by atoms with Gasteiger partial charge in [0.2, 0.25) is 10.0 Å². The predicted molar refractivity (Wildman–Crippen MR) is 105 cm³/mol. The van der Waals surface area contributed by atoms with E-state index in [0.717, 1.165) is 22.1 Å². The van der Waals surface area contributed by atoms with Crippen LogP contribution in [0.4, 0.5) is 14.5 Å². The molecule has 2 N–H and O–H groups in total. The van der Waals surface area contributed by atoms with Gasteiger partial charge in [-0.05, 0) is 49.2 Å². The first-order valence-corrected chi connectivity index (χ1v) is 10.8. The summed E-state index contributed by atoms with van der Waals surface area (Å²) >= 11 is 0. The van der Waals surface area contributed by atoms with Gasteiger partial charge in [0.1, 0.15) is 11.6 Å². The fourth-order valence-electron chi connectivity index (χ4n) is 3.26. The lowest BCUT2D eigenvalue weighted by Gasteiger charge is -2.31. The number of nitrogens with one attached hydrogen (secondary N) is 2. The van der Waals surface area contributed by atoms with Gasteiger partial charge in [0.05, 0.1) is 36.8 Å². The molecule has 0 spiro atoms. The molecule has 6 nitrogen and oxygen atoms in total. The lowest BCUT2D eigenvalue weighted by Crippen LogP contribution is -3.15. The van der Waals surface area contributed by atoms with Gasteiger partial charge in [0.15, 0.2) is 6.54 Å². The van der Waals surface area contributed by atoms with Gasteiger partial charge < -0.3 is 10.2 Å². The van der Waals surface area contributed by atoms with Crippen LogP contribution in [0.25, 0.3) is 0 Å². The van der Waals surface area contributed by atoms with E-state index < -0.39 is 27.6 Å². The van der Waals surface area contributed by atoms with Gasteiger partial charge in [0, 0.05) is 6.07 Å². The third-order valence-electron chi connectivity index (χ3n) is 5.16. The number of amides is 1. The molecule has 156 valence electrons. The van der Waals surface area contributed by atoms with Crippen LogP contribution in [0.5, 0.6) is 0 Å². The molecule has 1 fully saturated rings. The zero-order valence-corrected chi connectivity index (χ0v) is 17.2. The largest absolute Gasteiger partial charge is 0.325 e. The highest BCUT2D eigenvalue weighted by Crippen LogP contribution is 2.19. The van der Waals surface area contributed by atoms with Gasteiger partial charge in [-0.2, -0.15) is 4.31 Å². The van der Waals surface area contributed by atoms with Gasteiger partial charge >= 0.3 is 0 Å². The molecule has 0 aliphatic carbocycles. The van der Waals surface area contributed by atoms with Gasteiger partial charge in [-0.15, -0.1) is 0 Å². The van der Waals surface area contributed by atoms with E-state index in [4.69, 9.17) is 0 Å². The Kier molecular flexibility index (Phi) is 6.30. The van der Waals surface area contributed by atoms with E-state index in [9.17, 15) is 22.0 Å². The zero-order valence-electron chi connectivity index (χ0n) is 16.3. The maximum Gasteiger partial charge on any atom is 0.279 e. The maximum atomic E-state index is 13.7. The van der Waals surface area contributed by atoms with E-state index >= 15 is 0 Å². The van der Waals surface area contributed by atoms with Crippen LogP contribution in [0.15, 0.2) is 41.3 Å². The number of halogens is 2. The lowest BCUT2D eigenvalue weighted by molar-refractivity contribution is -0.895. The molecule has 1 amide bonds. The molecule has 1 heterocycles. The number of nitrogens with zero attached hydrogens (tertiary/aromatic N) is 1.